The third-order valence-electron chi connectivity index (χ3n) is 7.09. The van der Waals surface area contributed by atoms with Crippen LogP contribution in [0, 0.1) is 11.3 Å². The van der Waals surface area contributed by atoms with E-state index in [1.807, 2.05) is 0 Å². The number of aliphatic carboxylic acids is 1. The van der Waals surface area contributed by atoms with E-state index in [4.69, 9.17) is 10.8 Å². The van der Waals surface area contributed by atoms with Crippen LogP contribution in [0.5, 0.6) is 0 Å². The predicted molar refractivity (Wildman–Crippen MR) is 128 cm³/mol. The summed E-state index contributed by atoms with van der Waals surface area (Å²) in [7, 11) is 0. The van der Waals surface area contributed by atoms with Crippen LogP contribution in [0.4, 0.5) is 13.2 Å². The molecule has 2 atom stereocenters. The van der Waals surface area contributed by atoms with E-state index in [1.54, 1.807) is 24.3 Å². The Kier molecular flexibility index (Phi) is 8.26. The van der Waals surface area contributed by atoms with E-state index in [1.165, 1.54) is 12.1 Å². The molecule has 0 spiro atoms. The Morgan fingerprint density at radius 3 is 2.14 bits per heavy atom. The molecule has 1 aliphatic carbocycles. The highest BCUT2D eigenvalue weighted by Crippen LogP contribution is 2.43. The first-order valence-corrected chi connectivity index (χ1v) is 11.9. The molecule has 2 aromatic rings. The molecule has 0 aromatic heterocycles. The van der Waals surface area contributed by atoms with E-state index in [0.717, 1.165) is 43.4 Å². The topological polar surface area (TPSA) is 92.4 Å². The van der Waals surface area contributed by atoms with Crippen molar-refractivity contribution in [3.63, 3.8) is 0 Å². The minimum absolute atomic E-state index is 0.0924. The van der Waals surface area contributed by atoms with Crippen LogP contribution in [-0.2, 0) is 17.4 Å². The van der Waals surface area contributed by atoms with Gasteiger partial charge in [0.2, 0.25) is 0 Å². The van der Waals surface area contributed by atoms with Gasteiger partial charge in [0, 0.05) is 18.0 Å². The maximum atomic E-state index is 13.0. The number of carboxylic acid groups (broad SMARTS) is 1. The molecule has 0 saturated heterocycles. The van der Waals surface area contributed by atoms with Gasteiger partial charge in [-0.2, -0.15) is 13.2 Å². The lowest BCUT2D eigenvalue weighted by atomic mass is 9.68. The number of carbonyl (C=O) groups excluding carboxylic acids is 1. The average Bonchev–Trinajstić information content (AvgIpc) is 2.80. The van der Waals surface area contributed by atoms with Gasteiger partial charge in [-0.25, -0.2) is 0 Å². The molecule has 8 heteroatoms. The fourth-order valence-corrected chi connectivity index (χ4v) is 4.74. The number of nitrogens with two attached hydrogens (primary N) is 1. The lowest BCUT2D eigenvalue weighted by Gasteiger charge is -2.38. The van der Waals surface area contributed by atoms with E-state index in [0.29, 0.717) is 17.7 Å². The molecule has 190 valence electrons. The number of benzene rings is 2. The molecule has 1 amide bonds. The summed E-state index contributed by atoms with van der Waals surface area (Å²) in [6.07, 6.45) is -0.269. The average molecular weight is 491 g/mol. The number of alkyl halides is 3. The van der Waals surface area contributed by atoms with Gasteiger partial charge in [0.15, 0.2) is 0 Å². The summed E-state index contributed by atoms with van der Waals surface area (Å²) in [6.45, 7) is 4.77. The lowest BCUT2D eigenvalue weighted by molar-refractivity contribution is -0.139. The van der Waals surface area contributed by atoms with E-state index < -0.39 is 23.8 Å². The van der Waals surface area contributed by atoms with Crippen molar-refractivity contribution in [3.05, 3.63) is 70.8 Å². The summed E-state index contributed by atoms with van der Waals surface area (Å²) < 4.78 is 39.1. The molecule has 0 bridgehead atoms. The Bertz CT molecular complexity index is 1010. The highest BCUT2D eigenvalue weighted by molar-refractivity contribution is 5.94. The van der Waals surface area contributed by atoms with Crippen molar-refractivity contribution in [3.8, 4) is 0 Å². The van der Waals surface area contributed by atoms with Gasteiger partial charge in [0.25, 0.3) is 5.91 Å². The minimum Gasteiger partial charge on any atom is -0.480 e. The van der Waals surface area contributed by atoms with Crippen LogP contribution in [0.1, 0.15) is 72.5 Å². The van der Waals surface area contributed by atoms with Crippen molar-refractivity contribution in [2.24, 2.45) is 17.1 Å². The highest BCUT2D eigenvalue weighted by atomic mass is 19.4. The van der Waals surface area contributed by atoms with Gasteiger partial charge in [-0.05, 0) is 78.8 Å². The molecule has 4 N–H and O–H groups in total. The zero-order valence-electron chi connectivity index (χ0n) is 20.1. The van der Waals surface area contributed by atoms with Crippen LogP contribution in [-0.4, -0.2) is 29.6 Å². The van der Waals surface area contributed by atoms with Crippen LogP contribution in [0.3, 0.4) is 0 Å². The third-order valence-corrected chi connectivity index (χ3v) is 7.09. The van der Waals surface area contributed by atoms with Crippen LogP contribution in [0.15, 0.2) is 48.5 Å². The minimum atomic E-state index is -4.39. The number of carbonyl (C=O) groups is 2. The molecule has 2 aromatic carbocycles. The molecule has 0 radical (unpaired) electrons. The monoisotopic (exact) mass is 490 g/mol. The van der Waals surface area contributed by atoms with Crippen LogP contribution in [0.2, 0.25) is 0 Å². The van der Waals surface area contributed by atoms with Gasteiger partial charge in [-0.1, -0.05) is 38.1 Å². The zero-order chi connectivity index (χ0) is 25.8. The van der Waals surface area contributed by atoms with Gasteiger partial charge in [0.1, 0.15) is 6.04 Å². The van der Waals surface area contributed by atoms with E-state index in [9.17, 15) is 22.8 Å². The van der Waals surface area contributed by atoms with Gasteiger partial charge in [-0.15, -0.1) is 0 Å². The summed E-state index contributed by atoms with van der Waals surface area (Å²) in [5.74, 6) is -1.20. The van der Waals surface area contributed by atoms with Gasteiger partial charge >= 0.3 is 12.1 Å². The predicted octanol–water partition coefficient (Wildman–Crippen LogP) is 5.39. The molecule has 1 fully saturated rings. The first kappa shape index (κ1) is 26.7. The fraction of sp³-hybridized carbons (Fsp3) is 0.481. The maximum absolute atomic E-state index is 13.0. The van der Waals surface area contributed by atoms with Crippen LogP contribution < -0.4 is 11.1 Å². The number of halogens is 3. The number of amides is 1. The SMILES string of the molecule is CC1(C)CCC([C@@H](CNC(=O)c2ccc(C[C@H](N)C(=O)O)cc2)c2ccc(C(F)(F)F)cc2)CC1. The molecule has 0 unspecified atom stereocenters. The molecule has 3 rings (SSSR count). The second kappa shape index (κ2) is 10.8. The zero-order valence-corrected chi connectivity index (χ0v) is 20.1. The Hall–Kier alpha value is -2.87. The molecule has 0 aliphatic heterocycles. The van der Waals surface area contributed by atoms with E-state index in [-0.39, 0.29) is 29.6 Å². The summed E-state index contributed by atoms with van der Waals surface area (Å²) in [6, 6.07) is 10.8. The largest absolute Gasteiger partial charge is 0.480 e. The third kappa shape index (κ3) is 7.31. The molecule has 5 nitrogen and oxygen atoms in total. The second-order valence-corrected chi connectivity index (χ2v) is 10.3. The number of hydrogen-bond acceptors (Lipinski definition) is 3. The maximum Gasteiger partial charge on any atom is 0.416 e. The van der Waals surface area contributed by atoms with Crippen molar-refractivity contribution >= 4 is 11.9 Å². The fourth-order valence-electron chi connectivity index (χ4n) is 4.74. The van der Waals surface area contributed by atoms with Crippen molar-refractivity contribution < 1.29 is 27.9 Å². The molecular weight excluding hydrogens is 457 g/mol. The Balaban J connectivity index is 1.71. The Morgan fingerprint density at radius 1 is 1.06 bits per heavy atom. The summed E-state index contributed by atoms with van der Waals surface area (Å²) >= 11 is 0. The molecule has 1 aliphatic rings. The standard InChI is InChI=1S/C27H33F3N2O3/c1-26(2)13-11-19(12-14-26)22(18-7-9-21(10-8-18)27(28,29)30)16-32-24(33)20-5-3-17(4-6-20)15-23(31)25(34)35/h3-10,19,22-23H,11-16,31H2,1-2H3,(H,32,33)(H,34,35)/t22-,23-/m0/s1. The Labute approximate surface area is 203 Å². The molecule has 35 heavy (non-hydrogen) atoms. The number of carboxylic acids is 1. The summed E-state index contributed by atoms with van der Waals surface area (Å²) in [5.41, 5.74) is 7.05. The number of hydrogen-bond donors (Lipinski definition) is 3. The van der Waals surface area contributed by atoms with E-state index in [2.05, 4.69) is 19.2 Å². The van der Waals surface area contributed by atoms with Crippen molar-refractivity contribution in [1.29, 1.82) is 0 Å². The molecular formula is C27H33F3N2O3. The smallest absolute Gasteiger partial charge is 0.416 e. The van der Waals surface area contributed by atoms with Crippen LogP contribution >= 0.6 is 0 Å². The van der Waals surface area contributed by atoms with Gasteiger partial charge in [-0.3, -0.25) is 9.59 Å². The molecule has 0 heterocycles. The van der Waals surface area contributed by atoms with Gasteiger partial charge in [0.05, 0.1) is 5.56 Å². The summed E-state index contributed by atoms with van der Waals surface area (Å²) in [4.78, 5) is 23.7. The van der Waals surface area contributed by atoms with Gasteiger partial charge < -0.3 is 16.2 Å². The summed E-state index contributed by atoms with van der Waals surface area (Å²) in [5, 5.41) is 11.9. The van der Waals surface area contributed by atoms with Crippen molar-refractivity contribution in [2.75, 3.05) is 6.54 Å². The first-order valence-electron chi connectivity index (χ1n) is 11.9. The normalized spacial score (nSPS) is 18.0. The lowest BCUT2D eigenvalue weighted by Crippen LogP contribution is -2.34. The Morgan fingerprint density at radius 2 is 1.63 bits per heavy atom. The number of nitrogens with one attached hydrogen (secondary N) is 1. The molecule has 1 saturated carbocycles. The van der Waals surface area contributed by atoms with E-state index >= 15 is 0 Å². The van der Waals surface area contributed by atoms with Crippen LogP contribution in [0.25, 0.3) is 0 Å². The highest BCUT2D eigenvalue weighted by Gasteiger charge is 2.34. The van der Waals surface area contributed by atoms with Crippen molar-refractivity contribution in [2.45, 2.75) is 64.1 Å². The quantitative estimate of drug-likeness (QED) is 0.463. The second-order valence-electron chi connectivity index (χ2n) is 10.3. The first-order chi connectivity index (χ1) is 16.4. The van der Waals surface area contributed by atoms with Crippen molar-refractivity contribution in [1.82, 2.24) is 5.32 Å². The number of rotatable bonds is 8.